The number of ketones is 1. The molecule has 0 spiro atoms. The lowest BCUT2D eigenvalue weighted by atomic mass is 9.96. The summed E-state index contributed by atoms with van der Waals surface area (Å²) < 4.78 is 0. The molecular formula is C24H24N2O4. The zero-order valence-corrected chi connectivity index (χ0v) is 16.9. The smallest absolute Gasteiger partial charge is 0.276 e. The number of fused-ring (bicyclic) bond motifs is 1. The zero-order valence-electron chi connectivity index (χ0n) is 16.9. The third-order valence-electron chi connectivity index (χ3n) is 5.48. The van der Waals surface area contributed by atoms with Crippen LogP contribution < -0.4 is 10.3 Å². The number of Topliss-reactive ketones (excluding diaryl/α,β-unsaturated/α-hetero) is 1. The second-order valence-electron chi connectivity index (χ2n) is 7.47. The number of hydrogen-bond donors (Lipinski definition) is 2. The molecule has 0 saturated heterocycles. The lowest BCUT2D eigenvalue weighted by molar-refractivity contribution is -0.122. The van der Waals surface area contributed by atoms with Crippen LogP contribution in [0.3, 0.4) is 0 Å². The van der Waals surface area contributed by atoms with Gasteiger partial charge in [0.1, 0.15) is 0 Å². The number of aromatic hydroxyl groups is 1. The van der Waals surface area contributed by atoms with E-state index in [4.69, 9.17) is 4.84 Å². The Bertz CT molecular complexity index is 1060. The van der Waals surface area contributed by atoms with Crippen LogP contribution in [0.25, 0.3) is 11.6 Å². The Morgan fingerprint density at radius 3 is 2.87 bits per heavy atom. The van der Waals surface area contributed by atoms with Crippen LogP contribution >= 0.6 is 0 Å². The summed E-state index contributed by atoms with van der Waals surface area (Å²) in [4.78, 5) is 30.9. The van der Waals surface area contributed by atoms with Crippen LogP contribution in [0.5, 0.6) is 11.5 Å². The molecule has 2 aliphatic rings. The average Bonchev–Trinajstić information content (AvgIpc) is 2.97. The third kappa shape index (κ3) is 4.14. The lowest BCUT2D eigenvalue weighted by Crippen LogP contribution is -2.28. The highest BCUT2D eigenvalue weighted by Crippen LogP contribution is 2.36. The van der Waals surface area contributed by atoms with E-state index in [0.717, 1.165) is 36.2 Å². The molecule has 1 amide bonds. The number of carbonyl (C=O) groups is 2. The maximum Gasteiger partial charge on any atom is 0.276 e. The Labute approximate surface area is 175 Å². The molecule has 4 rings (SSSR count). The standard InChI is InChI=1S/C24H24N2O4/c1-2-21(27)19-5-3-4-18(14-19)16-10-12-26(13-11-16)15-20-7-6-17-8-9-22(28)25-30-24(17)23(20)29/h3-10,14,29H,2,11-13,15H2,1H3,(H,25,28). The van der Waals surface area contributed by atoms with Crippen molar-refractivity contribution >= 4 is 23.3 Å². The number of hydrogen-bond acceptors (Lipinski definition) is 5. The Kier molecular flexibility index (Phi) is 5.68. The van der Waals surface area contributed by atoms with Crippen molar-refractivity contribution in [2.45, 2.75) is 26.3 Å². The molecule has 30 heavy (non-hydrogen) atoms. The maximum atomic E-state index is 12.0. The van der Waals surface area contributed by atoms with E-state index in [9.17, 15) is 14.7 Å². The number of phenols is 1. The largest absolute Gasteiger partial charge is 0.504 e. The van der Waals surface area contributed by atoms with Gasteiger partial charge < -0.3 is 9.94 Å². The molecule has 0 bridgehead atoms. The first-order valence-corrected chi connectivity index (χ1v) is 10.1. The topological polar surface area (TPSA) is 78.9 Å². The highest BCUT2D eigenvalue weighted by Gasteiger charge is 2.20. The molecule has 2 N–H and O–H groups in total. The van der Waals surface area contributed by atoms with E-state index >= 15 is 0 Å². The molecule has 0 aromatic heterocycles. The number of carbonyl (C=O) groups excluding carboxylic acids is 2. The van der Waals surface area contributed by atoms with E-state index in [1.54, 1.807) is 6.08 Å². The fraction of sp³-hybridized carbons (Fsp3) is 0.250. The highest BCUT2D eigenvalue weighted by molar-refractivity contribution is 5.96. The van der Waals surface area contributed by atoms with Gasteiger partial charge in [0.2, 0.25) is 5.75 Å². The van der Waals surface area contributed by atoms with E-state index in [-0.39, 0.29) is 23.2 Å². The summed E-state index contributed by atoms with van der Waals surface area (Å²) in [5.41, 5.74) is 6.76. The summed E-state index contributed by atoms with van der Waals surface area (Å²) in [5, 5.41) is 10.6. The second kappa shape index (κ2) is 8.55. The fourth-order valence-corrected chi connectivity index (χ4v) is 3.75. The van der Waals surface area contributed by atoms with Crippen molar-refractivity contribution in [3.63, 3.8) is 0 Å². The minimum Gasteiger partial charge on any atom is -0.504 e. The van der Waals surface area contributed by atoms with E-state index in [1.807, 2.05) is 43.3 Å². The Morgan fingerprint density at radius 2 is 2.10 bits per heavy atom. The van der Waals surface area contributed by atoms with Crippen molar-refractivity contribution in [1.82, 2.24) is 10.4 Å². The van der Waals surface area contributed by atoms with Crippen LogP contribution in [0, 0.1) is 0 Å². The summed E-state index contributed by atoms with van der Waals surface area (Å²) in [6.45, 7) is 4.03. The van der Waals surface area contributed by atoms with Gasteiger partial charge >= 0.3 is 0 Å². The number of hydroxylamine groups is 1. The van der Waals surface area contributed by atoms with Gasteiger partial charge in [-0.3, -0.25) is 14.5 Å². The van der Waals surface area contributed by atoms with Crippen molar-refractivity contribution in [3.8, 4) is 11.5 Å². The molecule has 2 aliphatic heterocycles. The average molecular weight is 404 g/mol. The van der Waals surface area contributed by atoms with Gasteiger partial charge in [-0.1, -0.05) is 43.3 Å². The van der Waals surface area contributed by atoms with Crippen LogP contribution in [0.2, 0.25) is 0 Å². The van der Waals surface area contributed by atoms with Gasteiger partial charge in [0, 0.05) is 48.8 Å². The van der Waals surface area contributed by atoms with Crippen LogP contribution in [0.15, 0.2) is 48.6 Å². The lowest BCUT2D eigenvalue weighted by Gasteiger charge is -2.27. The van der Waals surface area contributed by atoms with E-state index < -0.39 is 0 Å². The summed E-state index contributed by atoms with van der Waals surface area (Å²) in [7, 11) is 0. The fourth-order valence-electron chi connectivity index (χ4n) is 3.75. The summed E-state index contributed by atoms with van der Waals surface area (Å²) in [5.74, 6) is 0.0903. The van der Waals surface area contributed by atoms with Gasteiger partial charge in [0.25, 0.3) is 5.91 Å². The van der Waals surface area contributed by atoms with E-state index in [0.29, 0.717) is 18.5 Å². The number of phenolic OH excluding ortho intramolecular Hbond substituents is 1. The number of nitrogens with one attached hydrogen (secondary N) is 1. The molecule has 154 valence electrons. The summed E-state index contributed by atoms with van der Waals surface area (Å²) >= 11 is 0. The number of benzene rings is 2. The minimum atomic E-state index is -0.370. The monoisotopic (exact) mass is 404 g/mol. The van der Waals surface area contributed by atoms with Gasteiger partial charge in [-0.25, -0.2) is 0 Å². The quantitative estimate of drug-likeness (QED) is 0.743. The zero-order chi connectivity index (χ0) is 21.1. The molecule has 2 heterocycles. The van der Waals surface area contributed by atoms with Gasteiger partial charge in [0.15, 0.2) is 11.5 Å². The molecule has 0 radical (unpaired) electrons. The molecule has 6 heteroatoms. The van der Waals surface area contributed by atoms with Gasteiger partial charge in [-0.15, -0.1) is 0 Å². The van der Waals surface area contributed by atoms with Gasteiger partial charge in [-0.2, -0.15) is 5.48 Å². The molecule has 2 aromatic carbocycles. The van der Waals surface area contributed by atoms with Gasteiger partial charge in [0.05, 0.1) is 0 Å². The van der Waals surface area contributed by atoms with Crippen molar-refractivity contribution in [2.75, 3.05) is 13.1 Å². The highest BCUT2D eigenvalue weighted by atomic mass is 16.7. The molecule has 0 atom stereocenters. The van der Waals surface area contributed by atoms with Crippen molar-refractivity contribution in [1.29, 1.82) is 0 Å². The first kappa shape index (κ1) is 19.9. The van der Waals surface area contributed by atoms with Crippen LogP contribution in [0.4, 0.5) is 0 Å². The number of nitrogens with zero attached hydrogens (tertiary/aromatic N) is 1. The minimum absolute atomic E-state index is 0.0416. The van der Waals surface area contributed by atoms with Crippen LogP contribution in [-0.4, -0.2) is 34.8 Å². The Balaban J connectivity index is 1.47. The first-order chi connectivity index (χ1) is 14.5. The normalized spacial score (nSPS) is 16.2. The maximum absolute atomic E-state index is 12.0. The number of rotatable bonds is 5. The molecular weight excluding hydrogens is 380 g/mol. The predicted molar refractivity (Wildman–Crippen MR) is 115 cm³/mol. The van der Waals surface area contributed by atoms with Crippen molar-refractivity contribution < 1.29 is 19.5 Å². The molecule has 0 unspecified atom stereocenters. The van der Waals surface area contributed by atoms with Crippen LogP contribution in [0.1, 0.15) is 46.8 Å². The second-order valence-corrected chi connectivity index (χ2v) is 7.47. The number of amides is 1. The van der Waals surface area contributed by atoms with Crippen molar-refractivity contribution in [2.24, 2.45) is 0 Å². The molecule has 6 nitrogen and oxygen atoms in total. The van der Waals surface area contributed by atoms with Crippen molar-refractivity contribution in [3.05, 3.63) is 70.8 Å². The Hall–Kier alpha value is -3.38. The SMILES string of the molecule is CCC(=O)c1cccc(C2=CCN(Cc3ccc4c(c3O)ONC(=O)C=C4)CC2)c1. The molecule has 2 aromatic rings. The Morgan fingerprint density at radius 1 is 1.23 bits per heavy atom. The molecule has 0 saturated carbocycles. The third-order valence-corrected chi connectivity index (χ3v) is 5.48. The predicted octanol–water partition coefficient (Wildman–Crippen LogP) is 3.71. The van der Waals surface area contributed by atoms with Gasteiger partial charge in [-0.05, 0) is 29.7 Å². The van der Waals surface area contributed by atoms with E-state index in [2.05, 4.69) is 16.5 Å². The summed E-state index contributed by atoms with van der Waals surface area (Å²) in [6.07, 6.45) is 6.53. The molecule has 0 aliphatic carbocycles. The molecule has 0 fully saturated rings. The summed E-state index contributed by atoms with van der Waals surface area (Å²) in [6, 6.07) is 11.5. The first-order valence-electron chi connectivity index (χ1n) is 10.1. The van der Waals surface area contributed by atoms with Crippen LogP contribution in [-0.2, 0) is 11.3 Å². The van der Waals surface area contributed by atoms with E-state index in [1.165, 1.54) is 11.6 Å².